The van der Waals surface area contributed by atoms with Gasteiger partial charge in [0, 0.05) is 39.9 Å². The number of benzene rings is 1. The Bertz CT molecular complexity index is 569. The summed E-state index contributed by atoms with van der Waals surface area (Å²) in [4.78, 5) is 6.76. The van der Waals surface area contributed by atoms with Crippen molar-refractivity contribution in [3.05, 3.63) is 35.4 Å². The van der Waals surface area contributed by atoms with Gasteiger partial charge in [0.2, 0.25) is 0 Å². The van der Waals surface area contributed by atoms with Gasteiger partial charge in [0.25, 0.3) is 0 Å². The summed E-state index contributed by atoms with van der Waals surface area (Å²) >= 11 is 0. The van der Waals surface area contributed by atoms with Crippen molar-refractivity contribution in [2.75, 3.05) is 46.5 Å². The largest absolute Gasteiger partial charge is 0.379 e. The molecule has 0 aliphatic carbocycles. The minimum atomic E-state index is 0.304. The molecule has 1 saturated heterocycles. The molecule has 1 unspecified atom stereocenters. The van der Waals surface area contributed by atoms with Gasteiger partial charge in [0.15, 0.2) is 5.96 Å². The van der Waals surface area contributed by atoms with Crippen LogP contribution in [-0.4, -0.2) is 63.5 Å². The smallest absolute Gasteiger partial charge is 0.191 e. The van der Waals surface area contributed by atoms with E-state index in [4.69, 9.17) is 9.47 Å². The maximum Gasteiger partial charge on any atom is 0.191 e. The van der Waals surface area contributed by atoms with E-state index in [2.05, 4.69) is 58.6 Å². The van der Waals surface area contributed by atoms with Gasteiger partial charge in [-0.15, -0.1) is 0 Å². The van der Waals surface area contributed by atoms with Crippen molar-refractivity contribution in [2.24, 2.45) is 4.99 Å². The molecule has 1 aliphatic rings. The third-order valence-electron chi connectivity index (χ3n) is 5.16. The Hall–Kier alpha value is -1.63. The van der Waals surface area contributed by atoms with E-state index in [1.54, 1.807) is 0 Å². The standard InChI is InChI=1S/C22H38N4O2/c1-4-26(5-2)17-20-11-7-6-10-19(20)16-25-22(23-3)24-13-9-14-27-18-21-12-8-15-28-21/h6-7,10-11,21H,4-5,8-9,12-18H2,1-3H3,(H2,23,24,25). The van der Waals surface area contributed by atoms with Crippen LogP contribution in [0.25, 0.3) is 0 Å². The van der Waals surface area contributed by atoms with Crippen molar-refractivity contribution in [1.29, 1.82) is 0 Å². The first-order chi connectivity index (χ1) is 13.8. The van der Waals surface area contributed by atoms with Crippen LogP contribution in [0.2, 0.25) is 0 Å². The second-order valence-electron chi connectivity index (χ2n) is 7.15. The molecule has 0 spiro atoms. The molecule has 1 aromatic carbocycles. The SMILES string of the molecule is CCN(CC)Cc1ccccc1CNC(=NC)NCCCOCC1CCCO1. The zero-order valence-electron chi connectivity index (χ0n) is 17.9. The lowest BCUT2D eigenvalue weighted by Crippen LogP contribution is -2.38. The van der Waals surface area contributed by atoms with Gasteiger partial charge in [-0.2, -0.15) is 0 Å². The molecule has 2 rings (SSSR count). The van der Waals surface area contributed by atoms with Gasteiger partial charge >= 0.3 is 0 Å². The molecular formula is C22H38N4O2. The van der Waals surface area contributed by atoms with Crippen molar-refractivity contribution in [3.8, 4) is 0 Å². The summed E-state index contributed by atoms with van der Waals surface area (Å²) in [5, 5.41) is 6.80. The third-order valence-corrected chi connectivity index (χ3v) is 5.16. The molecule has 6 nitrogen and oxygen atoms in total. The monoisotopic (exact) mass is 390 g/mol. The number of nitrogens with one attached hydrogen (secondary N) is 2. The zero-order chi connectivity index (χ0) is 20.0. The summed E-state index contributed by atoms with van der Waals surface area (Å²) < 4.78 is 11.3. The molecule has 1 heterocycles. The minimum Gasteiger partial charge on any atom is -0.379 e. The molecule has 0 amide bonds. The molecule has 158 valence electrons. The van der Waals surface area contributed by atoms with Crippen molar-refractivity contribution < 1.29 is 9.47 Å². The number of aliphatic imine (C=N–C) groups is 1. The van der Waals surface area contributed by atoms with Gasteiger partial charge in [-0.05, 0) is 43.5 Å². The predicted octanol–water partition coefficient (Wildman–Crippen LogP) is 2.78. The van der Waals surface area contributed by atoms with Gasteiger partial charge < -0.3 is 20.1 Å². The molecule has 1 atom stereocenters. The summed E-state index contributed by atoms with van der Waals surface area (Å²) in [7, 11) is 1.81. The topological polar surface area (TPSA) is 58.1 Å². The van der Waals surface area contributed by atoms with Gasteiger partial charge in [-0.25, -0.2) is 0 Å². The number of ether oxygens (including phenoxy) is 2. The van der Waals surface area contributed by atoms with Gasteiger partial charge in [-0.3, -0.25) is 9.89 Å². The number of hydrogen-bond acceptors (Lipinski definition) is 4. The van der Waals surface area contributed by atoms with E-state index in [-0.39, 0.29) is 0 Å². The van der Waals surface area contributed by atoms with Crippen LogP contribution in [0.5, 0.6) is 0 Å². The average Bonchev–Trinajstić information content (AvgIpc) is 3.25. The maximum absolute atomic E-state index is 5.71. The van der Waals surface area contributed by atoms with Crippen LogP contribution in [0.15, 0.2) is 29.3 Å². The molecule has 2 N–H and O–H groups in total. The van der Waals surface area contributed by atoms with E-state index in [0.29, 0.717) is 6.10 Å². The highest BCUT2D eigenvalue weighted by Crippen LogP contribution is 2.12. The number of hydrogen-bond donors (Lipinski definition) is 2. The second-order valence-corrected chi connectivity index (χ2v) is 7.15. The third kappa shape index (κ3) is 8.17. The quantitative estimate of drug-likeness (QED) is 0.326. The number of guanidine groups is 1. The molecule has 28 heavy (non-hydrogen) atoms. The number of nitrogens with zero attached hydrogens (tertiary/aromatic N) is 2. The van der Waals surface area contributed by atoms with E-state index in [1.807, 2.05) is 7.05 Å². The molecule has 0 saturated carbocycles. The Labute approximate surface area is 170 Å². The lowest BCUT2D eigenvalue weighted by Gasteiger charge is -2.20. The molecule has 1 aliphatic heterocycles. The first kappa shape index (κ1) is 22.7. The van der Waals surface area contributed by atoms with Crippen LogP contribution in [0.1, 0.15) is 44.2 Å². The summed E-state index contributed by atoms with van der Waals surface area (Å²) in [6.07, 6.45) is 3.55. The van der Waals surface area contributed by atoms with E-state index >= 15 is 0 Å². The first-order valence-corrected chi connectivity index (χ1v) is 10.7. The Balaban J connectivity index is 1.67. The lowest BCUT2D eigenvalue weighted by atomic mass is 10.1. The van der Waals surface area contributed by atoms with Crippen LogP contribution < -0.4 is 10.6 Å². The highest BCUT2D eigenvalue weighted by Gasteiger charge is 2.14. The van der Waals surface area contributed by atoms with Crippen LogP contribution >= 0.6 is 0 Å². The average molecular weight is 391 g/mol. The molecule has 0 aromatic heterocycles. The van der Waals surface area contributed by atoms with E-state index < -0.39 is 0 Å². The molecule has 0 radical (unpaired) electrons. The molecule has 6 heteroatoms. The second kappa shape index (κ2) is 13.5. The van der Waals surface area contributed by atoms with E-state index in [1.165, 1.54) is 11.1 Å². The Morgan fingerprint density at radius 2 is 2.00 bits per heavy atom. The molecular weight excluding hydrogens is 352 g/mol. The summed E-state index contributed by atoms with van der Waals surface area (Å²) in [5.74, 6) is 0.830. The van der Waals surface area contributed by atoms with Crippen LogP contribution in [-0.2, 0) is 22.6 Å². The van der Waals surface area contributed by atoms with Gasteiger partial charge in [0.05, 0.1) is 12.7 Å². The Morgan fingerprint density at radius 3 is 2.68 bits per heavy atom. The van der Waals surface area contributed by atoms with E-state index in [9.17, 15) is 0 Å². The van der Waals surface area contributed by atoms with Gasteiger partial charge in [-0.1, -0.05) is 38.1 Å². The Kier molecular flexibility index (Phi) is 10.9. The maximum atomic E-state index is 5.71. The van der Waals surface area contributed by atoms with Crippen molar-refractivity contribution in [1.82, 2.24) is 15.5 Å². The molecule has 0 bridgehead atoms. The van der Waals surface area contributed by atoms with Crippen molar-refractivity contribution >= 4 is 5.96 Å². The van der Waals surface area contributed by atoms with Crippen molar-refractivity contribution in [3.63, 3.8) is 0 Å². The van der Waals surface area contributed by atoms with Crippen LogP contribution in [0.3, 0.4) is 0 Å². The molecule has 1 aromatic rings. The fraction of sp³-hybridized carbons (Fsp3) is 0.682. The highest BCUT2D eigenvalue weighted by atomic mass is 16.5. The fourth-order valence-electron chi connectivity index (χ4n) is 3.34. The molecule has 1 fully saturated rings. The van der Waals surface area contributed by atoms with Crippen LogP contribution in [0, 0.1) is 0 Å². The fourth-order valence-corrected chi connectivity index (χ4v) is 3.34. The first-order valence-electron chi connectivity index (χ1n) is 10.7. The van der Waals surface area contributed by atoms with Crippen LogP contribution in [0.4, 0.5) is 0 Å². The summed E-state index contributed by atoms with van der Waals surface area (Å²) in [6, 6.07) is 8.63. The zero-order valence-corrected chi connectivity index (χ0v) is 17.9. The highest BCUT2D eigenvalue weighted by molar-refractivity contribution is 5.79. The Morgan fingerprint density at radius 1 is 1.21 bits per heavy atom. The lowest BCUT2D eigenvalue weighted by molar-refractivity contribution is 0.0168. The van der Waals surface area contributed by atoms with Crippen molar-refractivity contribution in [2.45, 2.75) is 52.3 Å². The minimum absolute atomic E-state index is 0.304. The summed E-state index contributed by atoms with van der Waals surface area (Å²) in [6.45, 7) is 11.5. The predicted molar refractivity (Wildman–Crippen MR) is 116 cm³/mol. The summed E-state index contributed by atoms with van der Waals surface area (Å²) in [5.41, 5.74) is 2.69. The number of rotatable bonds is 12. The van der Waals surface area contributed by atoms with E-state index in [0.717, 1.165) is 77.8 Å². The van der Waals surface area contributed by atoms with Gasteiger partial charge in [0.1, 0.15) is 0 Å². The normalized spacial score (nSPS) is 17.3.